The Labute approximate surface area is 58.5 Å². The van der Waals surface area contributed by atoms with Gasteiger partial charge in [0.1, 0.15) is 0 Å². The van der Waals surface area contributed by atoms with Gasteiger partial charge >= 0.3 is 0 Å². The summed E-state index contributed by atoms with van der Waals surface area (Å²) in [5.74, 6) is 0. The second-order valence-corrected chi connectivity index (χ2v) is 2.91. The molecule has 0 aromatic rings. The Balaban J connectivity index is 2.06. The van der Waals surface area contributed by atoms with Crippen LogP contribution in [-0.4, -0.2) is 18.0 Å². The minimum atomic E-state index is 0.564. The van der Waals surface area contributed by atoms with Crippen molar-refractivity contribution in [1.29, 1.82) is 0 Å². The molecule has 2 heteroatoms. The summed E-state index contributed by atoms with van der Waals surface area (Å²) in [6.45, 7) is 0.984. The van der Waals surface area contributed by atoms with E-state index in [2.05, 4.69) is 15.9 Å². The molecule has 48 valence electrons. The van der Waals surface area contributed by atoms with Crippen LogP contribution >= 0.6 is 15.9 Å². The van der Waals surface area contributed by atoms with Gasteiger partial charge in [-0.15, -0.1) is 0 Å². The molecule has 1 aliphatic rings. The Morgan fingerprint density at radius 3 is 3.00 bits per heavy atom. The van der Waals surface area contributed by atoms with Crippen molar-refractivity contribution in [3.05, 3.63) is 0 Å². The Morgan fingerprint density at radius 1 is 1.62 bits per heavy atom. The van der Waals surface area contributed by atoms with Gasteiger partial charge < -0.3 is 4.74 Å². The van der Waals surface area contributed by atoms with E-state index in [-0.39, 0.29) is 0 Å². The predicted octanol–water partition coefficient (Wildman–Crippen LogP) is 1.95. The molecule has 0 aliphatic carbocycles. The molecule has 0 bridgehead atoms. The van der Waals surface area contributed by atoms with Crippen LogP contribution in [0, 0.1) is 0 Å². The second-order valence-electron chi connectivity index (χ2n) is 2.11. The summed E-state index contributed by atoms with van der Waals surface area (Å²) >= 11 is 3.38. The van der Waals surface area contributed by atoms with Gasteiger partial charge in [-0.25, -0.2) is 0 Å². The third-order valence-electron chi connectivity index (χ3n) is 1.46. The number of ether oxygens (including phenoxy) is 1. The van der Waals surface area contributed by atoms with E-state index in [4.69, 9.17) is 4.74 Å². The molecule has 1 heterocycles. The second kappa shape index (κ2) is 3.46. The van der Waals surface area contributed by atoms with Crippen molar-refractivity contribution in [2.45, 2.75) is 25.4 Å². The molecule has 1 fully saturated rings. The fraction of sp³-hybridized carbons (Fsp3) is 1.00. The maximum absolute atomic E-state index is 5.36. The molecule has 0 aromatic heterocycles. The highest BCUT2D eigenvalue weighted by molar-refractivity contribution is 9.09. The first kappa shape index (κ1) is 6.56. The monoisotopic (exact) mass is 178 g/mol. The lowest BCUT2D eigenvalue weighted by atomic mass is 10.2. The number of hydrogen-bond donors (Lipinski definition) is 0. The van der Waals surface area contributed by atoms with Crippen LogP contribution in [-0.2, 0) is 4.74 Å². The highest BCUT2D eigenvalue weighted by Crippen LogP contribution is 2.15. The first-order valence-corrected chi connectivity index (χ1v) is 4.23. The van der Waals surface area contributed by atoms with Crippen LogP contribution < -0.4 is 0 Å². The quantitative estimate of drug-likeness (QED) is 0.588. The molecular weight excluding hydrogens is 168 g/mol. The van der Waals surface area contributed by atoms with E-state index in [0.717, 1.165) is 11.9 Å². The van der Waals surface area contributed by atoms with Gasteiger partial charge in [0.15, 0.2) is 0 Å². The van der Waals surface area contributed by atoms with Crippen molar-refractivity contribution in [3.63, 3.8) is 0 Å². The van der Waals surface area contributed by atoms with Crippen molar-refractivity contribution in [3.8, 4) is 0 Å². The number of alkyl halides is 1. The summed E-state index contributed by atoms with van der Waals surface area (Å²) in [4.78, 5) is 0. The average Bonchev–Trinajstić information content (AvgIpc) is 2.19. The first-order chi connectivity index (χ1) is 3.93. The summed E-state index contributed by atoms with van der Waals surface area (Å²) in [5, 5.41) is 1.08. The van der Waals surface area contributed by atoms with Crippen LogP contribution in [0.5, 0.6) is 0 Å². The Morgan fingerprint density at radius 2 is 2.50 bits per heavy atom. The van der Waals surface area contributed by atoms with Crippen molar-refractivity contribution in [2.75, 3.05) is 11.9 Å². The molecule has 1 nitrogen and oxygen atoms in total. The SMILES string of the molecule is BrCC[C@@H]1CCCO1. The molecule has 0 spiro atoms. The van der Waals surface area contributed by atoms with E-state index in [1.54, 1.807) is 0 Å². The fourth-order valence-electron chi connectivity index (χ4n) is 0.994. The van der Waals surface area contributed by atoms with Gasteiger partial charge in [-0.3, -0.25) is 0 Å². The maximum atomic E-state index is 5.36. The lowest BCUT2D eigenvalue weighted by Gasteiger charge is -2.03. The van der Waals surface area contributed by atoms with E-state index in [0.29, 0.717) is 6.10 Å². The molecule has 0 amide bonds. The molecule has 1 atom stereocenters. The summed E-state index contributed by atoms with van der Waals surface area (Å²) in [7, 11) is 0. The zero-order valence-electron chi connectivity index (χ0n) is 4.90. The van der Waals surface area contributed by atoms with Gasteiger partial charge in [0, 0.05) is 11.9 Å². The van der Waals surface area contributed by atoms with Gasteiger partial charge in [0.2, 0.25) is 0 Å². The average molecular weight is 179 g/mol. The summed E-state index contributed by atoms with van der Waals surface area (Å²) < 4.78 is 5.36. The topological polar surface area (TPSA) is 9.23 Å². The van der Waals surface area contributed by atoms with E-state index < -0.39 is 0 Å². The third kappa shape index (κ3) is 1.75. The van der Waals surface area contributed by atoms with Crippen LogP contribution in [0.1, 0.15) is 19.3 Å². The highest BCUT2D eigenvalue weighted by atomic mass is 79.9. The molecule has 0 N–H and O–H groups in total. The molecule has 0 saturated carbocycles. The minimum Gasteiger partial charge on any atom is -0.378 e. The Hall–Kier alpha value is 0.440. The van der Waals surface area contributed by atoms with Crippen molar-refractivity contribution >= 4 is 15.9 Å². The van der Waals surface area contributed by atoms with Crippen molar-refractivity contribution in [1.82, 2.24) is 0 Å². The van der Waals surface area contributed by atoms with Gasteiger partial charge in [0.25, 0.3) is 0 Å². The smallest absolute Gasteiger partial charge is 0.0584 e. The molecule has 1 aliphatic heterocycles. The summed E-state index contributed by atoms with van der Waals surface area (Å²) in [6, 6.07) is 0. The normalized spacial score (nSPS) is 28.9. The van der Waals surface area contributed by atoms with Crippen LogP contribution in [0.2, 0.25) is 0 Å². The van der Waals surface area contributed by atoms with E-state index in [1.807, 2.05) is 0 Å². The summed E-state index contributed by atoms with van der Waals surface area (Å²) in [6.07, 6.45) is 4.28. The predicted molar refractivity (Wildman–Crippen MR) is 37.4 cm³/mol. The highest BCUT2D eigenvalue weighted by Gasteiger charge is 2.13. The minimum absolute atomic E-state index is 0.564. The third-order valence-corrected chi connectivity index (χ3v) is 1.91. The van der Waals surface area contributed by atoms with Gasteiger partial charge in [-0.2, -0.15) is 0 Å². The van der Waals surface area contributed by atoms with E-state index in [1.165, 1.54) is 19.3 Å². The van der Waals surface area contributed by atoms with Crippen LogP contribution in [0.4, 0.5) is 0 Å². The molecule has 0 unspecified atom stereocenters. The van der Waals surface area contributed by atoms with Crippen LogP contribution in [0.25, 0.3) is 0 Å². The Bertz CT molecular complexity index is 59.5. The van der Waals surface area contributed by atoms with Crippen molar-refractivity contribution in [2.24, 2.45) is 0 Å². The van der Waals surface area contributed by atoms with Crippen molar-refractivity contribution < 1.29 is 4.74 Å². The standard InChI is InChI=1S/C6H11BrO/c7-4-3-6-2-1-5-8-6/h6H,1-5H2/t6-/m0/s1. The molecule has 1 rings (SSSR count). The Kier molecular flexibility index (Phi) is 2.84. The molecular formula is C6H11BrO. The zero-order chi connectivity index (χ0) is 5.82. The first-order valence-electron chi connectivity index (χ1n) is 3.11. The van der Waals surface area contributed by atoms with Gasteiger partial charge in [-0.05, 0) is 19.3 Å². The summed E-state index contributed by atoms with van der Waals surface area (Å²) in [5.41, 5.74) is 0. The van der Waals surface area contributed by atoms with Crippen LogP contribution in [0.3, 0.4) is 0 Å². The zero-order valence-corrected chi connectivity index (χ0v) is 6.49. The van der Waals surface area contributed by atoms with Gasteiger partial charge in [-0.1, -0.05) is 15.9 Å². The fourth-order valence-corrected chi connectivity index (χ4v) is 1.50. The largest absolute Gasteiger partial charge is 0.378 e. The lowest BCUT2D eigenvalue weighted by Crippen LogP contribution is -2.04. The van der Waals surface area contributed by atoms with E-state index >= 15 is 0 Å². The lowest BCUT2D eigenvalue weighted by molar-refractivity contribution is 0.109. The van der Waals surface area contributed by atoms with E-state index in [9.17, 15) is 0 Å². The molecule has 8 heavy (non-hydrogen) atoms. The molecule has 0 aromatic carbocycles. The van der Waals surface area contributed by atoms with Gasteiger partial charge in [0.05, 0.1) is 6.10 Å². The maximum Gasteiger partial charge on any atom is 0.0584 e. The number of rotatable bonds is 2. The number of halogens is 1. The molecule has 0 radical (unpaired) electrons. The molecule has 1 saturated heterocycles. The van der Waals surface area contributed by atoms with Crippen LogP contribution in [0.15, 0.2) is 0 Å². The number of hydrogen-bond acceptors (Lipinski definition) is 1.